The molecular weight excluding hydrogens is 419 g/mol. The molecule has 0 saturated heterocycles. The summed E-state index contributed by atoms with van der Waals surface area (Å²) in [5.74, 6) is -1.28. The summed E-state index contributed by atoms with van der Waals surface area (Å²) in [6, 6.07) is 7.73. The molecule has 4 rings (SSSR count). The Balaban J connectivity index is 1.89. The molecule has 1 fully saturated rings. The predicted molar refractivity (Wildman–Crippen MR) is 114 cm³/mol. The third-order valence-corrected chi connectivity index (χ3v) is 7.10. The predicted octanol–water partition coefficient (Wildman–Crippen LogP) is 4.22. The van der Waals surface area contributed by atoms with Crippen molar-refractivity contribution in [1.29, 1.82) is 5.26 Å². The number of benzene rings is 1. The number of pyridine rings is 1. The Bertz CT molecular complexity index is 1310. The lowest BCUT2D eigenvalue weighted by Crippen LogP contribution is -2.40. The number of sulfonamides is 1. The van der Waals surface area contributed by atoms with E-state index in [1.807, 2.05) is 4.57 Å². The van der Waals surface area contributed by atoms with E-state index in [-0.39, 0.29) is 16.5 Å². The molecule has 1 aliphatic carbocycles. The minimum atomic E-state index is -3.76. The number of fused-ring (bicyclic) bond motifs is 1. The van der Waals surface area contributed by atoms with E-state index in [9.17, 15) is 23.2 Å². The van der Waals surface area contributed by atoms with Gasteiger partial charge in [0.2, 0.25) is 10.0 Å². The van der Waals surface area contributed by atoms with E-state index in [1.54, 1.807) is 26.8 Å². The molecule has 2 heterocycles. The Morgan fingerprint density at radius 3 is 2.52 bits per heavy atom. The Hall–Kier alpha value is -2.96. The first-order valence-corrected chi connectivity index (χ1v) is 11.5. The topological polar surface area (TPSA) is 108 Å². The fourth-order valence-electron chi connectivity index (χ4n) is 3.85. The number of nitrogens with one attached hydrogen (secondary N) is 1. The van der Waals surface area contributed by atoms with Gasteiger partial charge in [-0.2, -0.15) is 5.26 Å². The molecule has 1 aliphatic rings. The molecule has 9 heteroatoms. The molecule has 0 radical (unpaired) electrons. The lowest BCUT2D eigenvalue weighted by Gasteiger charge is -2.30. The average molecular weight is 443 g/mol. The van der Waals surface area contributed by atoms with E-state index >= 15 is 0 Å². The number of hydrogen-bond donors (Lipinski definition) is 2. The molecule has 0 atom stereocenters. The molecule has 0 amide bonds. The van der Waals surface area contributed by atoms with Gasteiger partial charge in [0.05, 0.1) is 22.5 Å². The Labute approximate surface area is 180 Å². The van der Waals surface area contributed by atoms with Crippen molar-refractivity contribution >= 4 is 20.9 Å². The van der Waals surface area contributed by atoms with Crippen molar-refractivity contribution < 1.29 is 17.9 Å². The monoisotopic (exact) mass is 442 g/mol. The van der Waals surface area contributed by atoms with Crippen LogP contribution in [0.3, 0.4) is 0 Å². The molecular formula is C22H23FN4O3S. The van der Waals surface area contributed by atoms with E-state index in [2.05, 4.69) is 15.8 Å². The minimum Gasteiger partial charge on any atom is -0.505 e. The van der Waals surface area contributed by atoms with Crippen molar-refractivity contribution in [2.45, 2.75) is 56.5 Å². The first-order chi connectivity index (χ1) is 14.5. The summed E-state index contributed by atoms with van der Waals surface area (Å²) in [7, 11) is -3.76. The van der Waals surface area contributed by atoms with Crippen LogP contribution in [-0.2, 0) is 10.0 Å². The van der Waals surface area contributed by atoms with E-state index in [1.165, 1.54) is 18.3 Å². The second kappa shape index (κ2) is 7.32. The van der Waals surface area contributed by atoms with Crippen molar-refractivity contribution in [3.8, 4) is 23.2 Å². The number of nitrogens with zero attached hydrogens (tertiary/aromatic N) is 3. The van der Waals surface area contributed by atoms with Crippen LogP contribution in [0.25, 0.3) is 22.3 Å². The average Bonchev–Trinajstić information content (AvgIpc) is 2.92. The van der Waals surface area contributed by atoms with Crippen molar-refractivity contribution in [3.05, 3.63) is 41.8 Å². The highest BCUT2D eigenvalue weighted by molar-refractivity contribution is 7.89. The number of phenolic OH excluding ortho intramolecular Hbond substituents is 1. The first-order valence-electron chi connectivity index (χ1n) is 9.99. The Morgan fingerprint density at radius 2 is 2.00 bits per heavy atom. The maximum atomic E-state index is 14.1. The summed E-state index contributed by atoms with van der Waals surface area (Å²) in [4.78, 5) is 4.36. The van der Waals surface area contributed by atoms with Gasteiger partial charge < -0.3 is 9.67 Å². The van der Waals surface area contributed by atoms with Gasteiger partial charge >= 0.3 is 0 Å². The molecule has 0 unspecified atom stereocenters. The first kappa shape index (κ1) is 21.3. The van der Waals surface area contributed by atoms with Crippen molar-refractivity contribution in [2.75, 3.05) is 0 Å². The van der Waals surface area contributed by atoms with E-state index < -0.39 is 27.1 Å². The van der Waals surface area contributed by atoms with Crippen LogP contribution in [-0.4, -0.2) is 28.6 Å². The van der Waals surface area contributed by atoms with Gasteiger partial charge in [-0.05, 0) is 58.2 Å². The smallest absolute Gasteiger partial charge is 0.242 e. The number of rotatable bonds is 4. The van der Waals surface area contributed by atoms with E-state index in [4.69, 9.17) is 0 Å². The summed E-state index contributed by atoms with van der Waals surface area (Å²) in [6.45, 7) is 5.24. The molecule has 2 aromatic heterocycles. The number of phenols is 1. The van der Waals surface area contributed by atoms with Crippen molar-refractivity contribution in [3.63, 3.8) is 0 Å². The second-order valence-corrected chi connectivity index (χ2v) is 10.5. The highest BCUT2D eigenvalue weighted by Gasteiger charge is 2.29. The molecule has 7 nitrogen and oxygen atoms in total. The molecule has 2 N–H and O–H groups in total. The van der Waals surface area contributed by atoms with Crippen LogP contribution in [0.1, 0.15) is 51.6 Å². The Morgan fingerprint density at radius 1 is 1.29 bits per heavy atom. The third-order valence-electron chi connectivity index (χ3n) is 5.35. The van der Waals surface area contributed by atoms with E-state index in [0.29, 0.717) is 22.3 Å². The minimum absolute atomic E-state index is 0.0136. The van der Waals surface area contributed by atoms with Gasteiger partial charge in [0.25, 0.3) is 0 Å². The zero-order valence-electron chi connectivity index (χ0n) is 17.5. The fraction of sp³-hybridized carbons (Fsp3) is 0.364. The number of aromatic nitrogens is 2. The molecule has 1 saturated carbocycles. The zero-order valence-corrected chi connectivity index (χ0v) is 18.3. The zero-order chi connectivity index (χ0) is 22.6. The fourth-order valence-corrected chi connectivity index (χ4v) is 5.21. The molecule has 162 valence electrons. The summed E-state index contributed by atoms with van der Waals surface area (Å²) >= 11 is 0. The molecule has 0 spiro atoms. The second-order valence-electron chi connectivity index (χ2n) is 8.85. The number of aromatic hydroxyl groups is 1. The summed E-state index contributed by atoms with van der Waals surface area (Å²) in [5.41, 5.74) is 1.07. The Kier molecular flexibility index (Phi) is 5.03. The number of hydrogen-bond acceptors (Lipinski definition) is 5. The van der Waals surface area contributed by atoms with Crippen molar-refractivity contribution in [2.24, 2.45) is 0 Å². The van der Waals surface area contributed by atoms with Gasteiger partial charge in [-0.3, -0.25) is 4.98 Å². The summed E-state index contributed by atoms with van der Waals surface area (Å²) in [6.07, 6.45) is 4.07. The van der Waals surface area contributed by atoms with Gasteiger partial charge in [-0.25, -0.2) is 17.5 Å². The normalized spacial score (nSPS) is 15.1. The lowest BCUT2D eigenvalue weighted by atomic mass is 9.92. The third kappa shape index (κ3) is 3.77. The molecule has 31 heavy (non-hydrogen) atoms. The summed E-state index contributed by atoms with van der Waals surface area (Å²) in [5, 5.41) is 20.2. The van der Waals surface area contributed by atoms with Crippen LogP contribution < -0.4 is 4.72 Å². The van der Waals surface area contributed by atoms with Crippen LogP contribution in [0.2, 0.25) is 0 Å². The van der Waals surface area contributed by atoms with Gasteiger partial charge in [0.1, 0.15) is 11.0 Å². The molecule has 0 aliphatic heterocycles. The molecule has 0 bridgehead atoms. The highest BCUT2D eigenvalue weighted by atomic mass is 32.2. The number of nitriles is 1. The maximum Gasteiger partial charge on any atom is 0.242 e. The lowest BCUT2D eigenvalue weighted by molar-refractivity contribution is 0.323. The van der Waals surface area contributed by atoms with Crippen LogP contribution >= 0.6 is 0 Å². The largest absolute Gasteiger partial charge is 0.505 e. The number of halogens is 1. The van der Waals surface area contributed by atoms with Crippen LogP contribution in [0, 0.1) is 17.1 Å². The van der Waals surface area contributed by atoms with Crippen molar-refractivity contribution in [1.82, 2.24) is 14.3 Å². The molecule has 3 aromatic rings. The van der Waals surface area contributed by atoms with Crippen LogP contribution in [0.4, 0.5) is 4.39 Å². The van der Waals surface area contributed by atoms with E-state index in [0.717, 1.165) is 25.3 Å². The quantitative estimate of drug-likeness (QED) is 0.629. The van der Waals surface area contributed by atoms with Gasteiger partial charge in [0.15, 0.2) is 11.6 Å². The summed E-state index contributed by atoms with van der Waals surface area (Å²) < 4.78 is 43.7. The standard InChI is InChI=1S/C22H23FN4O3S/c1-22(2,3)26-31(29,30)14-7-8-18(25-12-14)21-16(11-24)15-9-17(23)20(28)10-19(15)27(21)13-5-4-6-13/h7-10,12-13,26,28H,4-6H2,1-3H3. The molecule has 1 aromatic carbocycles. The SMILES string of the molecule is CC(C)(C)NS(=O)(=O)c1ccc(-c2c(C#N)c3cc(F)c(O)cc3n2C2CCC2)nc1. The highest BCUT2D eigenvalue weighted by Crippen LogP contribution is 2.43. The van der Waals surface area contributed by atoms with Gasteiger partial charge in [0, 0.05) is 29.2 Å². The maximum absolute atomic E-state index is 14.1. The van der Waals surface area contributed by atoms with Crippen LogP contribution in [0.5, 0.6) is 5.75 Å². The van der Waals surface area contributed by atoms with Crippen LogP contribution in [0.15, 0.2) is 35.4 Å². The van der Waals surface area contributed by atoms with Gasteiger partial charge in [-0.15, -0.1) is 0 Å². The van der Waals surface area contributed by atoms with Gasteiger partial charge in [-0.1, -0.05) is 0 Å².